The molecule has 1 aromatic carbocycles. The minimum atomic E-state index is -0.222. The highest BCUT2D eigenvalue weighted by atomic mass is 35.5. The Morgan fingerprint density at radius 1 is 1.44 bits per heavy atom. The predicted octanol–water partition coefficient (Wildman–Crippen LogP) is 2.53. The van der Waals surface area contributed by atoms with Gasteiger partial charge in [0, 0.05) is 18.6 Å². The molecule has 0 spiro atoms. The Morgan fingerprint density at radius 3 is 2.61 bits per heavy atom. The van der Waals surface area contributed by atoms with E-state index in [0.29, 0.717) is 11.6 Å². The standard InChI is InChI=1S/C14H20ClNO2/c1-10(2)13(14(18)16(3)7-8-17)11-5-4-6-12(15)9-11/h4-6,9-10,13,17H,7-8H2,1-3H3. The summed E-state index contributed by atoms with van der Waals surface area (Å²) < 4.78 is 0. The zero-order valence-corrected chi connectivity index (χ0v) is 11.8. The van der Waals surface area contributed by atoms with Crippen molar-refractivity contribution < 1.29 is 9.90 Å². The lowest BCUT2D eigenvalue weighted by atomic mass is 9.87. The Kier molecular flexibility index (Phi) is 5.63. The molecule has 0 aliphatic heterocycles. The quantitative estimate of drug-likeness (QED) is 0.892. The maximum Gasteiger partial charge on any atom is 0.230 e. The average Bonchev–Trinajstić information content (AvgIpc) is 2.29. The first-order chi connectivity index (χ1) is 8.47. The van der Waals surface area contributed by atoms with Crippen LogP contribution >= 0.6 is 11.6 Å². The van der Waals surface area contributed by atoms with E-state index in [0.717, 1.165) is 5.56 Å². The lowest BCUT2D eigenvalue weighted by molar-refractivity contribution is -0.133. The molecule has 0 heterocycles. The van der Waals surface area contributed by atoms with Crippen LogP contribution in [0.15, 0.2) is 24.3 Å². The highest BCUT2D eigenvalue weighted by Gasteiger charge is 2.26. The monoisotopic (exact) mass is 269 g/mol. The Hall–Kier alpha value is -1.06. The molecule has 1 aromatic rings. The summed E-state index contributed by atoms with van der Waals surface area (Å²) in [6.07, 6.45) is 0. The second kappa shape index (κ2) is 6.76. The van der Waals surface area contributed by atoms with Crippen LogP contribution in [0.4, 0.5) is 0 Å². The number of aliphatic hydroxyl groups excluding tert-OH is 1. The van der Waals surface area contributed by atoms with Crippen molar-refractivity contribution in [3.63, 3.8) is 0 Å². The van der Waals surface area contributed by atoms with Crippen molar-refractivity contribution in [3.05, 3.63) is 34.9 Å². The van der Waals surface area contributed by atoms with Gasteiger partial charge in [0.15, 0.2) is 0 Å². The smallest absolute Gasteiger partial charge is 0.230 e. The predicted molar refractivity (Wildman–Crippen MR) is 73.8 cm³/mol. The molecule has 100 valence electrons. The number of carbonyl (C=O) groups excluding carboxylic acids is 1. The normalized spacial score (nSPS) is 12.6. The summed E-state index contributed by atoms with van der Waals surface area (Å²) in [5, 5.41) is 9.54. The lowest BCUT2D eigenvalue weighted by Crippen LogP contribution is -2.35. The van der Waals surface area contributed by atoms with Crippen LogP contribution in [0.25, 0.3) is 0 Å². The summed E-state index contributed by atoms with van der Waals surface area (Å²) >= 11 is 5.97. The van der Waals surface area contributed by atoms with Crippen molar-refractivity contribution in [2.45, 2.75) is 19.8 Å². The molecule has 1 rings (SSSR count). The fraction of sp³-hybridized carbons (Fsp3) is 0.500. The Morgan fingerprint density at radius 2 is 2.11 bits per heavy atom. The van der Waals surface area contributed by atoms with Gasteiger partial charge in [0.05, 0.1) is 12.5 Å². The van der Waals surface area contributed by atoms with Gasteiger partial charge in [0.2, 0.25) is 5.91 Å². The zero-order valence-electron chi connectivity index (χ0n) is 11.1. The van der Waals surface area contributed by atoms with Crippen LogP contribution in [-0.4, -0.2) is 36.1 Å². The molecule has 0 radical (unpaired) electrons. The van der Waals surface area contributed by atoms with Crippen LogP contribution in [0.5, 0.6) is 0 Å². The topological polar surface area (TPSA) is 40.5 Å². The molecule has 1 unspecified atom stereocenters. The van der Waals surface area contributed by atoms with E-state index in [1.807, 2.05) is 32.0 Å². The molecule has 0 saturated carbocycles. The van der Waals surface area contributed by atoms with Crippen LogP contribution in [0.1, 0.15) is 25.3 Å². The molecule has 18 heavy (non-hydrogen) atoms. The van der Waals surface area contributed by atoms with E-state index in [1.165, 1.54) is 0 Å². The summed E-state index contributed by atoms with van der Waals surface area (Å²) in [6.45, 7) is 4.34. The Labute approximate surface area is 113 Å². The van der Waals surface area contributed by atoms with Gasteiger partial charge in [-0.1, -0.05) is 37.6 Å². The SMILES string of the molecule is CC(C)C(C(=O)N(C)CCO)c1cccc(Cl)c1. The minimum Gasteiger partial charge on any atom is -0.395 e. The second-order valence-electron chi connectivity index (χ2n) is 4.76. The van der Waals surface area contributed by atoms with E-state index in [2.05, 4.69) is 0 Å². The molecule has 0 aromatic heterocycles. The van der Waals surface area contributed by atoms with Gasteiger partial charge in [-0.2, -0.15) is 0 Å². The molecule has 0 aliphatic rings. The maximum absolute atomic E-state index is 12.4. The molecular formula is C14H20ClNO2. The zero-order chi connectivity index (χ0) is 13.7. The number of hydrogen-bond acceptors (Lipinski definition) is 2. The van der Waals surface area contributed by atoms with Crippen molar-refractivity contribution in [1.82, 2.24) is 4.90 Å². The summed E-state index contributed by atoms with van der Waals surface area (Å²) in [5.41, 5.74) is 0.923. The fourth-order valence-corrected chi connectivity index (χ4v) is 2.21. The number of aliphatic hydroxyl groups is 1. The molecule has 1 amide bonds. The molecule has 3 nitrogen and oxygen atoms in total. The molecule has 1 atom stereocenters. The number of halogens is 1. The molecule has 0 fully saturated rings. The van der Waals surface area contributed by atoms with Gasteiger partial charge in [-0.3, -0.25) is 4.79 Å². The second-order valence-corrected chi connectivity index (χ2v) is 5.20. The summed E-state index contributed by atoms with van der Waals surface area (Å²) in [7, 11) is 1.71. The summed E-state index contributed by atoms with van der Waals surface area (Å²) in [5.74, 6) is -0.0290. The number of benzene rings is 1. The maximum atomic E-state index is 12.4. The summed E-state index contributed by atoms with van der Waals surface area (Å²) in [6, 6.07) is 7.40. The van der Waals surface area contributed by atoms with E-state index in [9.17, 15) is 4.79 Å². The van der Waals surface area contributed by atoms with Crippen LogP contribution in [0, 0.1) is 5.92 Å². The third kappa shape index (κ3) is 3.72. The molecular weight excluding hydrogens is 250 g/mol. The highest BCUT2D eigenvalue weighted by Crippen LogP contribution is 2.28. The molecule has 0 saturated heterocycles. The van der Waals surface area contributed by atoms with Gasteiger partial charge in [-0.25, -0.2) is 0 Å². The van der Waals surface area contributed by atoms with E-state index < -0.39 is 0 Å². The molecule has 4 heteroatoms. The fourth-order valence-electron chi connectivity index (χ4n) is 2.01. The number of amides is 1. The number of likely N-dealkylation sites (N-methyl/N-ethyl adjacent to an activating group) is 1. The van der Waals surface area contributed by atoms with Gasteiger partial charge in [0.25, 0.3) is 0 Å². The van der Waals surface area contributed by atoms with Crippen molar-refractivity contribution >= 4 is 17.5 Å². The largest absolute Gasteiger partial charge is 0.395 e. The van der Waals surface area contributed by atoms with Crippen molar-refractivity contribution in [1.29, 1.82) is 0 Å². The first-order valence-electron chi connectivity index (χ1n) is 6.08. The van der Waals surface area contributed by atoms with Crippen molar-refractivity contribution in [3.8, 4) is 0 Å². The Bertz CT molecular complexity index is 407. The number of rotatable bonds is 5. The van der Waals surface area contributed by atoms with Crippen LogP contribution in [0.3, 0.4) is 0 Å². The lowest BCUT2D eigenvalue weighted by Gasteiger charge is -2.26. The first-order valence-corrected chi connectivity index (χ1v) is 6.46. The van der Waals surface area contributed by atoms with Gasteiger partial charge in [0.1, 0.15) is 0 Å². The minimum absolute atomic E-state index is 0.0151. The van der Waals surface area contributed by atoms with Crippen molar-refractivity contribution in [2.75, 3.05) is 20.2 Å². The molecule has 1 N–H and O–H groups in total. The van der Waals surface area contributed by atoms with Crippen LogP contribution in [0.2, 0.25) is 5.02 Å². The Balaban J connectivity index is 2.99. The first kappa shape index (κ1) is 15.0. The van der Waals surface area contributed by atoms with Crippen LogP contribution < -0.4 is 0 Å². The summed E-state index contributed by atoms with van der Waals surface area (Å²) in [4.78, 5) is 13.9. The number of hydrogen-bond donors (Lipinski definition) is 1. The van der Waals surface area contributed by atoms with Gasteiger partial charge in [-0.15, -0.1) is 0 Å². The van der Waals surface area contributed by atoms with Gasteiger partial charge < -0.3 is 10.0 Å². The number of nitrogens with zero attached hydrogens (tertiary/aromatic N) is 1. The molecule has 0 aliphatic carbocycles. The third-order valence-electron chi connectivity index (χ3n) is 2.95. The third-order valence-corrected chi connectivity index (χ3v) is 3.19. The van der Waals surface area contributed by atoms with E-state index in [1.54, 1.807) is 18.0 Å². The van der Waals surface area contributed by atoms with Crippen molar-refractivity contribution in [2.24, 2.45) is 5.92 Å². The van der Waals surface area contributed by atoms with Gasteiger partial charge >= 0.3 is 0 Å². The highest BCUT2D eigenvalue weighted by molar-refractivity contribution is 6.30. The molecule has 0 bridgehead atoms. The van der Waals surface area contributed by atoms with Crippen LogP contribution in [-0.2, 0) is 4.79 Å². The number of carbonyl (C=O) groups is 1. The van der Waals surface area contributed by atoms with E-state index in [4.69, 9.17) is 16.7 Å². The average molecular weight is 270 g/mol. The van der Waals surface area contributed by atoms with E-state index >= 15 is 0 Å². The van der Waals surface area contributed by atoms with Gasteiger partial charge in [-0.05, 0) is 23.6 Å². The van der Waals surface area contributed by atoms with E-state index in [-0.39, 0.29) is 24.3 Å².